The van der Waals surface area contributed by atoms with E-state index < -0.39 is 11.7 Å². The van der Waals surface area contributed by atoms with Gasteiger partial charge in [-0.2, -0.15) is 0 Å². The van der Waals surface area contributed by atoms with Gasteiger partial charge in [-0.05, 0) is 36.8 Å². The zero-order chi connectivity index (χ0) is 19.4. The molecule has 5 heteroatoms. The van der Waals surface area contributed by atoms with Crippen molar-refractivity contribution in [3.05, 3.63) is 100 Å². The molecule has 3 rings (SSSR count). The van der Waals surface area contributed by atoms with Crippen LogP contribution in [0.1, 0.15) is 34.3 Å². The molecule has 0 radical (unpaired) electrons. The van der Waals surface area contributed by atoms with E-state index in [1.54, 1.807) is 55.5 Å². The first-order valence-electron chi connectivity index (χ1n) is 8.41. The Balaban J connectivity index is 1.79. The highest BCUT2D eigenvalue weighted by Gasteiger charge is 2.18. The maximum Gasteiger partial charge on any atom is 0.231 e. The van der Waals surface area contributed by atoms with Crippen LogP contribution < -0.4 is 5.32 Å². The first-order chi connectivity index (χ1) is 13.0. The van der Waals surface area contributed by atoms with Gasteiger partial charge in [0.1, 0.15) is 5.82 Å². The Morgan fingerprint density at radius 3 is 2.33 bits per heavy atom. The second kappa shape index (κ2) is 8.14. The van der Waals surface area contributed by atoms with Crippen molar-refractivity contribution in [3.63, 3.8) is 0 Å². The molecule has 3 aromatic rings. The van der Waals surface area contributed by atoms with Gasteiger partial charge in [0.15, 0.2) is 5.78 Å². The van der Waals surface area contributed by atoms with Crippen molar-refractivity contribution < 1.29 is 14.0 Å². The monoisotopic (exact) mass is 381 g/mol. The molecule has 0 bridgehead atoms. The second-order valence-electron chi connectivity index (χ2n) is 6.16. The summed E-state index contributed by atoms with van der Waals surface area (Å²) in [5.41, 5.74) is 1.81. The molecular formula is C22H17ClFNO2. The van der Waals surface area contributed by atoms with E-state index in [2.05, 4.69) is 5.32 Å². The van der Waals surface area contributed by atoms with Crippen LogP contribution in [0, 0.1) is 5.82 Å². The van der Waals surface area contributed by atoms with Gasteiger partial charge in [0.2, 0.25) is 5.91 Å². The number of carbonyl (C=O) groups is 2. The summed E-state index contributed by atoms with van der Waals surface area (Å²) in [7, 11) is 0. The number of amides is 1. The standard InChI is InChI=1S/C22H17ClFNO2/c1-14(22(27)25-20-11-10-18(23)13-19(20)24)16-8-5-9-17(12-16)21(26)15-6-3-2-4-7-15/h2-14H,1H3,(H,25,27)/t14-/m1/s1. The van der Waals surface area contributed by atoms with Crippen molar-refractivity contribution in [2.75, 3.05) is 5.32 Å². The Morgan fingerprint density at radius 2 is 1.63 bits per heavy atom. The van der Waals surface area contributed by atoms with Gasteiger partial charge in [-0.1, -0.05) is 60.1 Å². The van der Waals surface area contributed by atoms with Crippen molar-refractivity contribution >= 4 is 29.0 Å². The van der Waals surface area contributed by atoms with Crippen LogP contribution in [-0.4, -0.2) is 11.7 Å². The Bertz CT molecular complexity index is 989. The van der Waals surface area contributed by atoms with Gasteiger partial charge in [-0.15, -0.1) is 0 Å². The molecule has 136 valence electrons. The van der Waals surface area contributed by atoms with Gasteiger partial charge in [0, 0.05) is 16.1 Å². The summed E-state index contributed by atoms with van der Waals surface area (Å²) < 4.78 is 13.9. The highest BCUT2D eigenvalue weighted by molar-refractivity contribution is 6.30. The number of carbonyl (C=O) groups excluding carboxylic acids is 2. The summed E-state index contributed by atoms with van der Waals surface area (Å²) in [6.45, 7) is 1.70. The van der Waals surface area contributed by atoms with E-state index in [1.807, 2.05) is 6.07 Å². The molecule has 0 unspecified atom stereocenters. The number of benzene rings is 3. The van der Waals surface area contributed by atoms with Crippen molar-refractivity contribution in [3.8, 4) is 0 Å². The molecule has 1 N–H and O–H groups in total. The fraction of sp³-hybridized carbons (Fsp3) is 0.0909. The molecule has 0 heterocycles. The summed E-state index contributed by atoms with van der Waals surface area (Å²) in [4.78, 5) is 25.1. The van der Waals surface area contributed by atoms with Gasteiger partial charge in [-0.3, -0.25) is 9.59 Å². The Hall–Kier alpha value is -2.98. The maximum absolute atomic E-state index is 13.9. The predicted octanol–water partition coefficient (Wildman–Crippen LogP) is 5.45. The average molecular weight is 382 g/mol. The molecule has 0 aliphatic rings. The largest absolute Gasteiger partial charge is 0.323 e. The summed E-state index contributed by atoms with van der Waals surface area (Å²) in [6.07, 6.45) is 0. The van der Waals surface area contributed by atoms with Crippen LogP contribution in [-0.2, 0) is 4.79 Å². The third-order valence-electron chi connectivity index (χ3n) is 4.27. The van der Waals surface area contributed by atoms with Crippen molar-refractivity contribution in [1.29, 1.82) is 0 Å². The Kier molecular flexibility index (Phi) is 5.67. The minimum Gasteiger partial charge on any atom is -0.323 e. The average Bonchev–Trinajstić information content (AvgIpc) is 2.69. The van der Waals surface area contributed by atoms with Gasteiger partial charge < -0.3 is 5.32 Å². The summed E-state index contributed by atoms with van der Waals surface area (Å²) >= 11 is 5.72. The van der Waals surface area contributed by atoms with Crippen LogP contribution in [0.15, 0.2) is 72.8 Å². The summed E-state index contributed by atoms with van der Waals surface area (Å²) in [6, 6.07) is 19.9. The third-order valence-corrected chi connectivity index (χ3v) is 4.50. The number of hydrogen-bond donors (Lipinski definition) is 1. The number of nitrogens with one attached hydrogen (secondary N) is 1. The molecule has 0 saturated heterocycles. The van der Waals surface area contributed by atoms with Crippen molar-refractivity contribution in [1.82, 2.24) is 0 Å². The zero-order valence-electron chi connectivity index (χ0n) is 14.6. The lowest BCUT2D eigenvalue weighted by Gasteiger charge is -2.14. The Morgan fingerprint density at radius 1 is 0.926 bits per heavy atom. The molecule has 1 amide bonds. The SMILES string of the molecule is C[C@@H](C(=O)Nc1ccc(Cl)cc1F)c1cccc(C(=O)c2ccccc2)c1. The molecule has 0 fully saturated rings. The van der Waals surface area contributed by atoms with Crippen LogP contribution in [0.2, 0.25) is 5.02 Å². The molecular weight excluding hydrogens is 365 g/mol. The lowest BCUT2D eigenvalue weighted by Crippen LogP contribution is -2.20. The molecule has 1 atom stereocenters. The molecule has 0 aliphatic carbocycles. The minimum absolute atomic E-state index is 0.0627. The first kappa shape index (κ1) is 18.8. The van der Waals surface area contributed by atoms with E-state index in [1.165, 1.54) is 12.1 Å². The smallest absolute Gasteiger partial charge is 0.231 e. The molecule has 0 aromatic heterocycles. The molecule has 27 heavy (non-hydrogen) atoms. The second-order valence-corrected chi connectivity index (χ2v) is 6.59. The molecule has 3 nitrogen and oxygen atoms in total. The minimum atomic E-state index is -0.601. The van der Waals surface area contributed by atoms with E-state index in [9.17, 15) is 14.0 Å². The van der Waals surface area contributed by atoms with Gasteiger partial charge in [0.25, 0.3) is 0 Å². The van der Waals surface area contributed by atoms with Crippen LogP contribution in [0.4, 0.5) is 10.1 Å². The van der Waals surface area contributed by atoms with Gasteiger partial charge in [-0.25, -0.2) is 4.39 Å². The maximum atomic E-state index is 13.9. The molecule has 3 aromatic carbocycles. The van der Waals surface area contributed by atoms with E-state index in [4.69, 9.17) is 11.6 Å². The van der Waals surface area contributed by atoms with Crippen LogP contribution in [0.5, 0.6) is 0 Å². The van der Waals surface area contributed by atoms with E-state index >= 15 is 0 Å². The Labute approximate surface area is 161 Å². The highest BCUT2D eigenvalue weighted by atomic mass is 35.5. The fourth-order valence-electron chi connectivity index (χ4n) is 2.69. The molecule has 0 spiro atoms. The first-order valence-corrected chi connectivity index (χ1v) is 8.79. The number of halogens is 2. The van der Waals surface area contributed by atoms with Gasteiger partial charge in [0.05, 0.1) is 11.6 Å². The lowest BCUT2D eigenvalue weighted by molar-refractivity contribution is -0.117. The van der Waals surface area contributed by atoms with Crippen molar-refractivity contribution in [2.45, 2.75) is 12.8 Å². The number of hydrogen-bond acceptors (Lipinski definition) is 2. The number of ketones is 1. The van der Waals surface area contributed by atoms with Crippen LogP contribution >= 0.6 is 11.6 Å². The van der Waals surface area contributed by atoms with E-state index in [0.29, 0.717) is 16.7 Å². The quantitative estimate of drug-likeness (QED) is 0.597. The van der Waals surface area contributed by atoms with E-state index in [-0.39, 0.29) is 22.4 Å². The van der Waals surface area contributed by atoms with Crippen molar-refractivity contribution in [2.24, 2.45) is 0 Å². The highest BCUT2D eigenvalue weighted by Crippen LogP contribution is 2.23. The van der Waals surface area contributed by atoms with Crippen LogP contribution in [0.3, 0.4) is 0 Å². The van der Waals surface area contributed by atoms with Crippen LogP contribution in [0.25, 0.3) is 0 Å². The lowest BCUT2D eigenvalue weighted by atomic mass is 9.95. The topological polar surface area (TPSA) is 46.2 Å². The molecule has 0 saturated carbocycles. The normalized spacial score (nSPS) is 11.7. The van der Waals surface area contributed by atoms with E-state index in [0.717, 1.165) is 6.07 Å². The fourth-order valence-corrected chi connectivity index (χ4v) is 2.85. The summed E-state index contributed by atoms with van der Waals surface area (Å²) in [5, 5.41) is 2.81. The number of anilines is 1. The predicted molar refractivity (Wildman–Crippen MR) is 105 cm³/mol. The van der Waals surface area contributed by atoms with Gasteiger partial charge >= 0.3 is 0 Å². The summed E-state index contributed by atoms with van der Waals surface area (Å²) in [5.74, 6) is -1.66. The number of rotatable bonds is 5. The molecule has 0 aliphatic heterocycles. The third kappa shape index (κ3) is 4.41. The zero-order valence-corrected chi connectivity index (χ0v) is 15.3.